The zero-order valence-electron chi connectivity index (χ0n) is 9.94. The summed E-state index contributed by atoms with van der Waals surface area (Å²) in [5.41, 5.74) is 1.03. The van der Waals surface area contributed by atoms with E-state index in [1.165, 1.54) is 0 Å². The van der Waals surface area contributed by atoms with Crippen LogP contribution in [0.5, 0.6) is 5.75 Å². The summed E-state index contributed by atoms with van der Waals surface area (Å²) in [6, 6.07) is 7.68. The second-order valence-corrected chi connectivity index (χ2v) is 4.36. The average Bonchev–Trinajstić information content (AvgIpc) is 2.28. The molecule has 0 atom stereocenters. The fourth-order valence-electron chi connectivity index (χ4n) is 2.25. The summed E-state index contributed by atoms with van der Waals surface area (Å²) in [6.45, 7) is 2.55. The van der Waals surface area contributed by atoms with Gasteiger partial charge in [-0.05, 0) is 30.5 Å². The highest BCUT2D eigenvalue weighted by atomic mass is 16.5. The fraction of sp³-hybridized carbons (Fsp3) is 0.429. The minimum atomic E-state index is 0.0316. The molecule has 0 spiro atoms. The van der Waals surface area contributed by atoms with Gasteiger partial charge in [0.2, 0.25) is 0 Å². The Morgan fingerprint density at radius 3 is 2.59 bits per heavy atom. The average molecular weight is 232 g/mol. The minimum Gasteiger partial charge on any atom is -0.494 e. The molecule has 1 aliphatic carbocycles. The van der Waals surface area contributed by atoms with Crippen LogP contribution in [-0.4, -0.2) is 18.2 Å². The van der Waals surface area contributed by atoms with Crippen molar-refractivity contribution in [1.29, 1.82) is 0 Å². The van der Waals surface area contributed by atoms with E-state index in [9.17, 15) is 9.59 Å². The molecule has 1 aliphatic rings. The van der Waals surface area contributed by atoms with Gasteiger partial charge >= 0.3 is 0 Å². The third-order valence-corrected chi connectivity index (χ3v) is 2.98. The Labute approximate surface area is 101 Å². The van der Waals surface area contributed by atoms with Crippen LogP contribution in [0, 0.1) is 0 Å². The Morgan fingerprint density at radius 2 is 1.94 bits per heavy atom. The van der Waals surface area contributed by atoms with Crippen LogP contribution in [0.1, 0.15) is 37.7 Å². The quantitative estimate of drug-likeness (QED) is 0.752. The number of hydrogen-bond acceptors (Lipinski definition) is 3. The summed E-state index contributed by atoms with van der Waals surface area (Å²) < 4.78 is 5.42. The maximum Gasteiger partial charge on any atom is 0.140 e. The molecule has 1 aromatic carbocycles. The number of carbonyl (C=O) groups is 2. The van der Waals surface area contributed by atoms with Crippen LogP contribution in [0.2, 0.25) is 0 Å². The van der Waals surface area contributed by atoms with E-state index in [1.807, 2.05) is 31.2 Å². The number of ether oxygens (including phenoxy) is 1. The van der Waals surface area contributed by atoms with Gasteiger partial charge in [0.1, 0.15) is 17.3 Å². The summed E-state index contributed by atoms with van der Waals surface area (Å²) in [6.07, 6.45) is 1.06. The van der Waals surface area contributed by atoms with E-state index >= 15 is 0 Å². The van der Waals surface area contributed by atoms with Crippen LogP contribution in [0.15, 0.2) is 24.3 Å². The molecule has 0 N–H and O–H groups in total. The largest absolute Gasteiger partial charge is 0.494 e. The Kier molecular flexibility index (Phi) is 3.57. The zero-order valence-corrected chi connectivity index (χ0v) is 9.94. The first kappa shape index (κ1) is 11.8. The van der Waals surface area contributed by atoms with Crippen molar-refractivity contribution < 1.29 is 14.3 Å². The van der Waals surface area contributed by atoms with E-state index in [1.54, 1.807) is 0 Å². The van der Waals surface area contributed by atoms with E-state index < -0.39 is 0 Å². The third-order valence-electron chi connectivity index (χ3n) is 2.98. The van der Waals surface area contributed by atoms with Crippen molar-refractivity contribution in [3.8, 4) is 5.75 Å². The topological polar surface area (TPSA) is 43.4 Å². The van der Waals surface area contributed by atoms with Gasteiger partial charge in [-0.1, -0.05) is 12.1 Å². The lowest BCUT2D eigenvalue weighted by Crippen LogP contribution is -2.21. The van der Waals surface area contributed by atoms with Gasteiger partial charge in [0.25, 0.3) is 0 Å². The van der Waals surface area contributed by atoms with Crippen LogP contribution in [0.25, 0.3) is 0 Å². The molecule has 1 fully saturated rings. The number of hydrogen-bond donors (Lipinski definition) is 0. The molecule has 1 saturated carbocycles. The molecular weight excluding hydrogens is 216 g/mol. The second-order valence-electron chi connectivity index (χ2n) is 4.36. The van der Waals surface area contributed by atoms with Gasteiger partial charge in [-0.25, -0.2) is 0 Å². The van der Waals surface area contributed by atoms with Crippen molar-refractivity contribution in [3.05, 3.63) is 29.8 Å². The monoisotopic (exact) mass is 232 g/mol. The maximum atomic E-state index is 11.4. The molecular formula is C14H16O3. The van der Waals surface area contributed by atoms with Crippen LogP contribution >= 0.6 is 0 Å². The molecule has 0 heterocycles. The predicted octanol–water partition coefficient (Wildman–Crippen LogP) is 2.49. The van der Waals surface area contributed by atoms with Crippen molar-refractivity contribution in [2.24, 2.45) is 0 Å². The lowest BCUT2D eigenvalue weighted by molar-refractivity contribution is -0.130. The molecule has 2 rings (SSSR count). The van der Waals surface area contributed by atoms with Gasteiger partial charge in [-0.2, -0.15) is 0 Å². The summed E-state index contributed by atoms with van der Waals surface area (Å²) in [5.74, 6) is 0.931. The molecule has 90 valence electrons. The molecule has 3 nitrogen and oxygen atoms in total. The number of benzene rings is 1. The van der Waals surface area contributed by atoms with Gasteiger partial charge in [0.15, 0.2) is 0 Å². The molecule has 17 heavy (non-hydrogen) atoms. The first-order valence-electron chi connectivity index (χ1n) is 5.95. The zero-order chi connectivity index (χ0) is 12.3. The van der Waals surface area contributed by atoms with Gasteiger partial charge in [0, 0.05) is 12.8 Å². The number of ketones is 2. The Balaban J connectivity index is 2.18. The number of carbonyl (C=O) groups excluding carboxylic acids is 2. The maximum absolute atomic E-state index is 11.4. The molecule has 0 aliphatic heterocycles. The van der Waals surface area contributed by atoms with E-state index in [0.29, 0.717) is 19.4 Å². The van der Waals surface area contributed by atoms with Crippen molar-refractivity contribution >= 4 is 11.6 Å². The summed E-state index contributed by atoms with van der Waals surface area (Å²) in [5, 5.41) is 0. The molecule has 0 aromatic heterocycles. The van der Waals surface area contributed by atoms with Crippen molar-refractivity contribution in [2.45, 2.75) is 32.1 Å². The second kappa shape index (κ2) is 5.13. The van der Waals surface area contributed by atoms with Crippen molar-refractivity contribution in [2.75, 3.05) is 6.61 Å². The van der Waals surface area contributed by atoms with E-state index in [0.717, 1.165) is 11.3 Å². The van der Waals surface area contributed by atoms with Gasteiger partial charge < -0.3 is 4.74 Å². The molecule has 0 amide bonds. The summed E-state index contributed by atoms with van der Waals surface area (Å²) >= 11 is 0. The van der Waals surface area contributed by atoms with E-state index in [2.05, 4.69) is 0 Å². The molecule has 0 radical (unpaired) electrons. The summed E-state index contributed by atoms with van der Waals surface area (Å²) in [7, 11) is 0. The van der Waals surface area contributed by atoms with Crippen molar-refractivity contribution in [3.63, 3.8) is 0 Å². The van der Waals surface area contributed by atoms with Crippen LogP contribution in [-0.2, 0) is 9.59 Å². The SMILES string of the molecule is CCOc1cccc(C2CC(=O)CC(=O)C2)c1. The Morgan fingerprint density at radius 1 is 1.24 bits per heavy atom. The van der Waals surface area contributed by atoms with Crippen LogP contribution < -0.4 is 4.74 Å². The standard InChI is InChI=1S/C14H16O3/c1-2-17-14-5-3-4-10(8-14)11-6-12(15)9-13(16)7-11/h3-5,8,11H,2,6-7,9H2,1H3. The van der Waals surface area contributed by atoms with Gasteiger partial charge in [-0.15, -0.1) is 0 Å². The number of Topliss-reactive ketones (excluding diaryl/α,β-unsaturated/α-hetero) is 2. The van der Waals surface area contributed by atoms with Crippen molar-refractivity contribution in [1.82, 2.24) is 0 Å². The molecule has 0 bridgehead atoms. The highest BCUT2D eigenvalue weighted by molar-refractivity contribution is 6.02. The smallest absolute Gasteiger partial charge is 0.140 e. The molecule has 0 saturated heterocycles. The van der Waals surface area contributed by atoms with Crippen LogP contribution in [0.3, 0.4) is 0 Å². The molecule has 1 aromatic rings. The van der Waals surface area contributed by atoms with Gasteiger partial charge in [-0.3, -0.25) is 9.59 Å². The highest BCUT2D eigenvalue weighted by Crippen LogP contribution is 2.31. The lowest BCUT2D eigenvalue weighted by Gasteiger charge is -2.20. The molecule has 3 heteroatoms. The highest BCUT2D eigenvalue weighted by Gasteiger charge is 2.26. The summed E-state index contributed by atoms with van der Waals surface area (Å²) in [4.78, 5) is 22.8. The first-order chi connectivity index (χ1) is 8.19. The van der Waals surface area contributed by atoms with E-state index in [4.69, 9.17) is 4.74 Å². The van der Waals surface area contributed by atoms with E-state index in [-0.39, 0.29) is 23.9 Å². The minimum absolute atomic E-state index is 0.0316. The third kappa shape index (κ3) is 2.93. The Hall–Kier alpha value is -1.64. The van der Waals surface area contributed by atoms with Crippen LogP contribution in [0.4, 0.5) is 0 Å². The number of rotatable bonds is 3. The first-order valence-corrected chi connectivity index (χ1v) is 5.95. The van der Waals surface area contributed by atoms with Gasteiger partial charge in [0.05, 0.1) is 13.0 Å². The fourth-order valence-corrected chi connectivity index (χ4v) is 2.25. The normalized spacial score (nSPS) is 17.2. The molecule has 0 unspecified atom stereocenters. The predicted molar refractivity (Wildman–Crippen MR) is 64.2 cm³/mol. The lowest BCUT2D eigenvalue weighted by atomic mass is 9.82. The Bertz CT molecular complexity index is 421.